The van der Waals surface area contributed by atoms with E-state index in [1.54, 1.807) is 19.1 Å². The quantitative estimate of drug-likeness (QED) is 0.229. The van der Waals surface area contributed by atoms with Crippen LogP contribution in [0.25, 0.3) is 32.9 Å². The predicted octanol–water partition coefficient (Wildman–Crippen LogP) is 4.02. The van der Waals surface area contributed by atoms with Crippen LogP contribution in [-0.4, -0.2) is 97.1 Å². The van der Waals surface area contributed by atoms with E-state index in [1.807, 2.05) is 24.3 Å². The Balaban J connectivity index is 1.14. The van der Waals surface area contributed by atoms with Crippen LogP contribution in [-0.2, 0) is 11.2 Å². The Labute approximate surface area is 285 Å². The fourth-order valence-electron chi connectivity index (χ4n) is 7.85. The number of pyridine rings is 1. The van der Waals surface area contributed by atoms with E-state index in [-0.39, 0.29) is 54.0 Å². The third kappa shape index (κ3) is 6.77. The van der Waals surface area contributed by atoms with Crippen molar-refractivity contribution in [3.05, 3.63) is 64.3 Å². The number of fused-ring (bicyclic) bond motifs is 3. The van der Waals surface area contributed by atoms with Crippen LogP contribution in [0.4, 0.5) is 13.6 Å². The fourth-order valence-corrected chi connectivity index (χ4v) is 7.85. The standard InChI is InChI=1S/C35H38B2F2N6O4/c1-33(16-23(38)17-40-19-33)44-32(47)49-35(36,37)13-10-22-7-2-6-21-8-3-9-24(26(21)22)28-27(39)29-25(18-41-28)30(46)43-31(42-29)48-20-34-11-4-14-45(34)15-5-12-34/h2-3,6-9,18,23,40H,4-5,10-17,19-20H2,1H3,(H,44,47)(H,42,43,46). The molecule has 3 fully saturated rings. The van der Waals surface area contributed by atoms with Crippen molar-refractivity contribution in [2.45, 2.75) is 74.5 Å². The molecule has 3 N–H and O–H groups in total. The summed E-state index contributed by atoms with van der Waals surface area (Å²) in [5, 5.41) is 5.31. The van der Waals surface area contributed by atoms with Gasteiger partial charge in [0.05, 0.1) is 16.5 Å². The summed E-state index contributed by atoms with van der Waals surface area (Å²) in [4.78, 5) is 39.6. The minimum atomic E-state index is -1.85. The van der Waals surface area contributed by atoms with E-state index in [4.69, 9.17) is 25.2 Å². The third-order valence-corrected chi connectivity index (χ3v) is 10.2. The molecule has 2 aromatic carbocycles. The monoisotopic (exact) mass is 666 g/mol. The summed E-state index contributed by atoms with van der Waals surface area (Å²) in [5.74, 6) is -0.745. The highest BCUT2D eigenvalue weighted by Crippen LogP contribution is 2.39. The summed E-state index contributed by atoms with van der Waals surface area (Å²) in [6.45, 7) is 4.75. The first-order valence-corrected chi connectivity index (χ1v) is 16.9. The number of alkyl halides is 1. The fraction of sp³-hybridized carbons (Fsp3) is 0.486. The first kappa shape index (κ1) is 33.5. The van der Waals surface area contributed by atoms with E-state index in [1.165, 1.54) is 6.20 Å². The van der Waals surface area contributed by atoms with Gasteiger partial charge in [0, 0.05) is 36.7 Å². The number of alkyl carbamates (subject to hydrolysis) is 1. The number of benzene rings is 2. The van der Waals surface area contributed by atoms with E-state index >= 15 is 4.39 Å². The van der Waals surface area contributed by atoms with Gasteiger partial charge in [0.15, 0.2) is 5.82 Å². The highest BCUT2D eigenvalue weighted by molar-refractivity contribution is 6.39. The van der Waals surface area contributed by atoms with Gasteiger partial charge in [-0.3, -0.25) is 19.7 Å². The van der Waals surface area contributed by atoms with E-state index < -0.39 is 34.6 Å². The number of nitrogens with one attached hydrogen (secondary N) is 3. The van der Waals surface area contributed by atoms with Crippen LogP contribution in [0.2, 0.25) is 0 Å². The molecular weight excluding hydrogens is 628 g/mol. The number of carbonyl (C=O) groups is 1. The maximum atomic E-state index is 16.4. The number of aryl methyl sites for hydroxylation is 1. The number of amides is 1. The van der Waals surface area contributed by atoms with Gasteiger partial charge in [0.2, 0.25) is 0 Å². The molecule has 2 unspecified atom stereocenters. The molecule has 4 radical (unpaired) electrons. The smallest absolute Gasteiger partial charge is 0.406 e. The normalized spacial score (nSPS) is 22.3. The molecule has 1 amide bonds. The van der Waals surface area contributed by atoms with Crippen molar-refractivity contribution < 1.29 is 23.0 Å². The predicted molar refractivity (Wildman–Crippen MR) is 184 cm³/mol. The Morgan fingerprint density at radius 3 is 2.69 bits per heavy atom. The highest BCUT2D eigenvalue weighted by Gasteiger charge is 2.45. The molecule has 0 aliphatic carbocycles. The van der Waals surface area contributed by atoms with Gasteiger partial charge in [-0.15, -0.1) is 0 Å². The number of carbonyl (C=O) groups excluding carboxylic acids is 1. The zero-order valence-corrected chi connectivity index (χ0v) is 27.5. The molecule has 2 aromatic heterocycles. The largest absolute Gasteiger partial charge is 0.463 e. The van der Waals surface area contributed by atoms with Crippen molar-refractivity contribution in [1.29, 1.82) is 0 Å². The number of halogens is 2. The molecule has 3 saturated heterocycles. The molecule has 3 aliphatic rings. The molecule has 0 bridgehead atoms. The van der Waals surface area contributed by atoms with Crippen LogP contribution in [0.15, 0.2) is 47.4 Å². The van der Waals surface area contributed by atoms with Crippen molar-refractivity contribution in [2.75, 3.05) is 32.8 Å². The average Bonchev–Trinajstić information content (AvgIpc) is 3.63. The Bertz CT molecular complexity index is 1950. The average molecular weight is 666 g/mol. The Morgan fingerprint density at radius 2 is 1.94 bits per heavy atom. The van der Waals surface area contributed by atoms with Gasteiger partial charge in [0.25, 0.3) is 11.6 Å². The first-order chi connectivity index (χ1) is 23.4. The Hall–Kier alpha value is -4.03. The van der Waals surface area contributed by atoms with Crippen molar-refractivity contribution in [1.82, 2.24) is 30.5 Å². The van der Waals surface area contributed by atoms with Crippen LogP contribution in [0.5, 0.6) is 6.01 Å². The topological polar surface area (TPSA) is 121 Å². The van der Waals surface area contributed by atoms with Gasteiger partial charge in [-0.2, -0.15) is 4.98 Å². The van der Waals surface area contributed by atoms with E-state index in [0.29, 0.717) is 24.1 Å². The highest BCUT2D eigenvalue weighted by atomic mass is 19.1. The molecular formula is C35H38B2F2N6O4. The molecule has 3 aliphatic heterocycles. The molecule has 0 saturated carbocycles. The van der Waals surface area contributed by atoms with Gasteiger partial charge in [-0.25, -0.2) is 13.6 Å². The molecule has 14 heteroatoms. The number of hydrogen-bond donors (Lipinski definition) is 3. The van der Waals surface area contributed by atoms with Crippen molar-refractivity contribution >= 4 is 43.5 Å². The molecule has 10 nitrogen and oxygen atoms in total. The number of H-pyrrole nitrogens is 1. The summed E-state index contributed by atoms with van der Waals surface area (Å²) in [6.07, 6.45) is 4.03. The molecule has 2 atom stereocenters. The summed E-state index contributed by atoms with van der Waals surface area (Å²) in [6, 6.07) is 11.0. The van der Waals surface area contributed by atoms with Crippen molar-refractivity contribution in [3.63, 3.8) is 0 Å². The van der Waals surface area contributed by atoms with Gasteiger partial charge in [-0.1, -0.05) is 36.4 Å². The molecule has 5 heterocycles. The molecule has 0 spiro atoms. The SMILES string of the molecule is [B]C([B])(CCc1cccc2cccc(-c3ncc4c(=O)[nH]c(OCC56CCCN5CCC6)nc4c3F)c12)OC(=O)NC1(C)CNCC(F)C1. The molecule has 252 valence electrons. The van der Waals surface area contributed by atoms with Gasteiger partial charge < -0.3 is 20.1 Å². The molecule has 7 rings (SSSR count). The number of nitrogens with zero attached hydrogens (tertiary/aromatic N) is 3. The van der Waals surface area contributed by atoms with Gasteiger partial charge >= 0.3 is 6.09 Å². The van der Waals surface area contributed by atoms with Crippen LogP contribution in [0, 0.1) is 5.82 Å². The van der Waals surface area contributed by atoms with Crippen LogP contribution >= 0.6 is 0 Å². The Morgan fingerprint density at radius 1 is 1.18 bits per heavy atom. The zero-order valence-electron chi connectivity index (χ0n) is 27.5. The third-order valence-electron chi connectivity index (χ3n) is 10.2. The summed E-state index contributed by atoms with van der Waals surface area (Å²) >= 11 is 0. The van der Waals surface area contributed by atoms with Gasteiger partial charge in [-0.05, 0) is 74.9 Å². The molecule has 49 heavy (non-hydrogen) atoms. The summed E-state index contributed by atoms with van der Waals surface area (Å²) in [7, 11) is 12.4. The number of ether oxygens (including phenoxy) is 2. The van der Waals surface area contributed by atoms with Gasteiger partial charge in [0.1, 0.15) is 39.7 Å². The van der Waals surface area contributed by atoms with Crippen LogP contribution in [0.1, 0.15) is 51.0 Å². The van der Waals surface area contributed by atoms with E-state index in [0.717, 1.165) is 49.7 Å². The zero-order chi connectivity index (χ0) is 34.4. The second-order valence-corrected chi connectivity index (χ2v) is 14.0. The second-order valence-electron chi connectivity index (χ2n) is 14.0. The number of hydrogen-bond acceptors (Lipinski definition) is 8. The van der Waals surface area contributed by atoms with E-state index in [9.17, 15) is 14.0 Å². The number of aromatic nitrogens is 3. The number of rotatable bonds is 9. The maximum Gasteiger partial charge on any atom is 0.406 e. The minimum absolute atomic E-state index is 0.0157. The lowest BCUT2D eigenvalue weighted by molar-refractivity contribution is 0.0904. The number of piperidine rings is 1. The molecule has 4 aromatic rings. The first-order valence-electron chi connectivity index (χ1n) is 16.9. The van der Waals surface area contributed by atoms with Crippen molar-refractivity contribution in [2.24, 2.45) is 0 Å². The summed E-state index contributed by atoms with van der Waals surface area (Å²) < 4.78 is 41.8. The van der Waals surface area contributed by atoms with E-state index in [2.05, 4.69) is 30.5 Å². The van der Waals surface area contributed by atoms with Crippen molar-refractivity contribution in [3.8, 4) is 17.3 Å². The number of aromatic amines is 1. The minimum Gasteiger partial charge on any atom is -0.463 e. The Kier molecular flexibility index (Phi) is 8.89. The lowest BCUT2D eigenvalue weighted by Crippen LogP contribution is -2.59. The van der Waals surface area contributed by atoms with Crippen LogP contribution in [0.3, 0.4) is 0 Å². The second kappa shape index (κ2) is 13.0. The maximum absolute atomic E-state index is 16.4. The lowest BCUT2D eigenvalue weighted by atomic mass is 9.62. The van der Waals surface area contributed by atoms with Crippen LogP contribution < -0.4 is 20.9 Å². The summed E-state index contributed by atoms with van der Waals surface area (Å²) in [5.41, 5.74) is -0.317. The lowest BCUT2D eigenvalue weighted by Gasteiger charge is -2.37.